The lowest BCUT2D eigenvalue weighted by Crippen LogP contribution is -2.52. The Hall–Kier alpha value is -2.18. The van der Waals surface area contributed by atoms with Crippen LogP contribution in [-0.2, 0) is 22.6 Å². The highest BCUT2D eigenvalue weighted by molar-refractivity contribution is 5.79. The first-order valence-corrected chi connectivity index (χ1v) is 8.81. The molecule has 6 heteroatoms. The first-order valence-electron chi connectivity index (χ1n) is 8.81. The van der Waals surface area contributed by atoms with E-state index in [1.165, 1.54) is 0 Å². The van der Waals surface area contributed by atoms with E-state index in [-0.39, 0.29) is 17.9 Å². The fraction of sp³-hybridized carbons (Fsp3) is 0.474. The number of rotatable bonds is 5. The second kappa shape index (κ2) is 7.37. The normalized spacial score (nSPS) is 26.3. The minimum absolute atomic E-state index is 0.0372. The van der Waals surface area contributed by atoms with Crippen LogP contribution in [0.1, 0.15) is 17.5 Å². The predicted octanol–water partition coefficient (Wildman–Crippen LogP) is 1.83. The Labute approximate surface area is 147 Å². The van der Waals surface area contributed by atoms with Gasteiger partial charge in [0.2, 0.25) is 5.91 Å². The van der Waals surface area contributed by atoms with Gasteiger partial charge in [0.05, 0.1) is 24.5 Å². The maximum atomic E-state index is 12.8. The zero-order chi connectivity index (χ0) is 17.1. The first kappa shape index (κ1) is 16.3. The lowest BCUT2D eigenvalue weighted by molar-refractivity contribution is -0.131. The number of amides is 1. The number of likely N-dealkylation sites (tertiary alicyclic amines) is 1. The molecular formula is C19H23N3O3. The number of pyridine rings is 1. The molecule has 2 aromatic heterocycles. The molecule has 0 radical (unpaired) electrons. The predicted molar refractivity (Wildman–Crippen MR) is 91.4 cm³/mol. The number of hydrogen-bond donors (Lipinski definition) is 1. The van der Waals surface area contributed by atoms with E-state index >= 15 is 0 Å². The van der Waals surface area contributed by atoms with Crippen molar-refractivity contribution in [1.82, 2.24) is 15.2 Å². The van der Waals surface area contributed by atoms with E-state index in [4.69, 9.17) is 9.15 Å². The van der Waals surface area contributed by atoms with E-state index in [1.54, 1.807) is 24.9 Å². The fourth-order valence-corrected chi connectivity index (χ4v) is 3.93. The smallest absolute Gasteiger partial charge is 0.225 e. The molecule has 0 aromatic carbocycles. The summed E-state index contributed by atoms with van der Waals surface area (Å²) in [6.45, 7) is 3.69. The first-order chi connectivity index (χ1) is 12.3. The molecule has 1 N–H and O–H groups in total. The summed E-state index contributed by atoms with van der Waals surface area (Å²) in [5.74, 6) is 0.389. The molecule has 2 aromatic rings. The van der Waals surface area contributed by atoms with Crippen LogP contribution in [-0.4, -0.2) is 41.6 Å². The molecule has 1 amide bonds. The summed E-state index contributed by atoms with van der Waals surface area (Å²) >= 11 is 0. The molecule has 4 rings (SSSR count). The number of aromatic nitrogens is 1. The van der Waals surface area contributed by atoms with Gasteiger partial charge in [0.25, 0.3) is 0 Å². The van der Waals surface area contributed by atoms with E-state index in [0.29, 0.717) is 12.5 Å². The van der Waals surface area contributed by atoms with Gasteiger partial charge in [-0.15, -0.1) is 0 Å². The highest BCUT2D eigenvalue weighted by Gasteiger charge is 2.43. The lowest BCUT2D eigenvalue weighted by Gasteiger charge is -2.39. The Kier molecular flexibility index (Phi) is 4.81. The largest absolute Gasteiger partial charge is 0.472 e. The van der Waals surface area contributed by atoms with E-state index in [0.717, 1.165) is 43.8 Å². The monoisotopic (exact) mass is 341 g/mol. The summed E-state index contributed by atoms with van der Waals surface area (Å²) in [7, 11) is 0. The Bertz CT molecular complexity index is 689. The summed E-state index contributed by atoms with van der Waals surface area (Å²) in [5.41, 5.74) is 2.15. The van der Waals surface area contributed by atoms with Gasteiger partial charge in [-0.25, -0.2) is 0 Å². The number of nitrogens with zero attached hydrogens (tertiary/aromatic N) is 2. The molecule has 2 aliphatic heterocycles. The van der Waals surface area contributed by atoms with Crippen molar-refractivity contribution < 1.29 is 13.9 Å². The van der Waals surface area contributed by atoms with Crippen LogP contribution in [0.4, 0.5) is 0 Å². The van der Waals surface area contributed by atoms with Crippen molar-refractivity contribution in [1.29, 1.82) is 0 Å². The quantitative estimate of drug-likeness (QED) is 0.899. The van der Waals surface area contributed by atoms with E-state index in [1.807, 2.05) is 18.2 Å². The number of furan rings is 1. The number of fused-ring (bicyclic) bond motifs is 1. The summed E-state index contributed by atoms with van der Waals surface area (Å²) < 4.78 is 11.1. The SMILES string of the molecule is O=C(NCc1cccnc1)[C@@H]1CN(Cc2ccoc2)C[C@@H]2OCC[C@@H]21. The molecule has 0 bridgehead atoms. The zero-order valence-corrected chi connectivity index (χ0v) is 14.1. The third kappa shape index (κ3) is 3.75. The van der Waals surface area contributed by atoms with Crippen LogP contribution in [0.5, 0.6) is 0 Å². The van der Waals surface area contributed by atoms with E-state index in [9.17, 15) is 4.79 Å². The molecule has 4 heterocycles. The minimum atomic E-state index is -0.0372. The Balaban J connectivity index is 1.41. The van der Waals surface area contributed by atoms with Gasteiger partial charge in [-0.1, -0.05) is 6.07 Å². The topological polar surface area (TPSA) is 67.6 Å². The van der Waals surface area contributed by atoms with Crippen LogP contribution in [0.25, 0.3) is 0 Å². The highest BCUT2D eigenvalue weighted by Crippen LogP contribution is 2.34. The van der Waals surface area contributed by atoms with Crippen molar-refractivity contribution in [3.8, 4) is 0 Å². The van der Waals surface area contributed by atoms with Crippen molar-refractivity contribution in [3.63, 3.8) is 0 Å². The number of hydrogen-bond acceptors (Lipinski definition) is 5. The minimum Gasteiger partial charge on any atom is -0.472 e. The van der Waals surface area contributed by atoms with Crippen LogP contribution in [0.2, 0.25) is 0 Å². The second-order valence-electron chi connectivity index (χ2n) is 6.87. The molecule has 132 valence electrons. The van der Waals surface area contributed by atoms with Crippen molar-refractivity contribution in [2.75, 3.05) is 19.7 Å². The standard InChI is InChI=1S/C19H23N3O3/c23-19(21-9-14-2-1-5-20-8-14)17-11-22(10-15-3-6-24-13-15)12-18-16(17)4-7-25-18/h1-3,5-6,8,13,16-18H,4,7,9-12H2,(H,21,23)/t16-,17-,18+/m1/s1. The molecule has 0 unspecified atom stereocenters. The molecule has 6 nitrogen and oxygen atoms in total. The summed E-state index contributed by atoms with van der Waals surface area (Å²) in [4.78, 5) is 19.2. The number of ether oxygens (including phenoxy) is 1. The van der Waals surface area contributed by atoms with Crippen molar-refractivity contribution in [2.45, 2.75) is 25.6 Å². The van der Waals surface area contributed by atoms with Gasteiger partial charge in [0, 0.05) is 56.7 Å². The van der Waals surface area contributed by atoms with Gasteiger partial charge in [0.15, 0.2) is 0 Å². The van der Waals surface area contributed by atoms with E-state index in [2.05, 4.69) is 15.2 Å². The number of carbonyl (C=O) groups excluding carboxylic acids is 1. The van der Waals surface area contributed by atoms with Crippen molar-refractivity contribution >= 4 is 5.91 Å². The van der Waals surface area contributed by atoms with Crippen LogP contribution < -0.4 is 5.32 Å². The molecule has 0 spiro atoms. The van der Waals surface area contributed by atoms with E-state index < -0.39 is 0 Å². The van der Waals surface area contributed by atoms with Crippen molar-refractivity contribution in [3.05, 3.63) is 54.2 Å². The Morgan fingerprint density at radius 3 is 3.08 bits per heavy atom. The van der Waals surface area contributed by atoms with Gasteiger partial charge < -0.3 is 14.5 Å². The highest BCUT2D eigenvalue weighted by atomic mass is 16.5. The molecule has 3 atom stereocenters. The van der Waals surface area contributed by atoms with Crippen LogP contribution in [0.3, 0.4) is 0 Å². The summed E-state index contributed by atoms with van der Waals surface area (Å²) in [6.07, 6.45) is 8.09. The van der Waals surface area contributed by atoms with Crippen LogP contribution in [0, 0.1) is 11.8 Å². The van der Waals surface area contributed by atoms with Gasteiger partial charge in [0.1, 0.15) is 0 Å². The molecular weight excluding hydrogens is 318 g/mol. The molecule has 2 aliphatic rings. The number of nitrogens with one attached hydrogen (secondary N) is 1. The molecule has 0 aliphatic carbocycles. The fourth-order valence-electron chi connectivity index (χ4n) is 3.93. The number of piperidine rings is 1. The second-order valence-corrected chi connectivity index (χ2v) is 6.87. The van der Waals surface area contributed by atoms with Gasteiger partial charge in [-0.3, -0.25) is 14.7 Å². The molecule has 25 heavy (non-hydrogen) atoms. The van der Waals surface area contributed by atoms with Crippen LogP contribution in [0.15, 0.2) is 47.5 Å². The maximum absolute atomic E-state index is 12.8. The Morgan fingerprint density at radius 2 is 2.28 bits per heavy atom. The van der Waals surface area contributed by atoms with Crippen LogP contribution >= 0.6 is 0 Å². The van der Waals surface area contributed by atoms with Gasteiger partial charge in [-0.2, -0.15) is 0 Å². The zero-order valence-electron chi connectivity index (χ0n) is 14.1. The third-order valence-electron chi connectivity index (χ3n) is 5.18. The number of carbonyl (C=O) groups is 1. The Morgan fingerprint density at radius 1 is 1.32 bits per heavy atom. The van der Waals surface area contributed by atoms with Crippen molar-refractivity contribution in [2.24, 2.45) is 11.8 Å². The third-order valence-corrected chi connectivity index (χ3v) is 5.18. The average Bonchev–Trinajstić information content (AvgIpc) is 3.31. The van der Waals surface area contributed by atoms with Gasteiger partial charge in [-0.05, 0) is 24.1 Å². The summed E-state index contributed by atoms with van der Waals surface area (Å²) in [5, 5.41) is 3.08. The average molecular weight is 341 g/mol. The molecule has 0 saturated carbocycles. The molecule has 2 fully saturated rings. The maximum Gasteiger partial charge on any atom is 0.225 e. The van der Waals surface area contributed by atoms with Gasteiger partial charge >= 0.3 is 0 Å². The molecule has 2 saturated heterocycles. The summed E-state index contributed by atoms with van der Waals surface area (Å²) in [6, 6.07) is 5.83. The lowest BCUT2D eigenvalue weighted by atomic mass is 9.82.